The summed E-state index contributed by atoms with van der Waals surface area (Å²) in [4.78, 5) is 12.1. The van der Waals surface area contributed by atoms with E-state index >= 15 is 0 Å². The van der Waals surface area contributed by atoms with Gasteiger partial charge >= 0.3 is 5.97 Å². The molecule has 3 nitrogen and oxygen atoms in total. The molecule has 0 saturated heterocycles. The van der Waals surface area contributed by atoms with Gasteiger partial charge in [-0.15, -0.1) is 0 Å². The first-order valence-corrected chi connectivity index (χ1v) is 10.1. The second-order valence-corrected chi connectivity index (χ2v) is 8.96. The SMILES string of the molecule is COc1ccc(-c2c(C(=O)O)cccc2C23CC4CC(CC(C4)C2)C3)cc1. The van der Waals surface area contributed by atoms with Crippen LogP contribution in [0.1, 0.15) is 54.4 Å². The molecule has 1 N–H and O–H groups in total. The van der Waals surface area contributed by atoms with Gasteiger partial charge in [-0.2, -0.15) is 0 Å². The van der Waals surface area contributed by atoms with E-state index in [4.69, 9.17) is 4.74 Å². The molecular weight excluding hydrogens is 336 g/mol. The Morgan fingerprint density at radius 2 is 1.56 bits per heavy atom. The second kappa shape index (κ2) is 6.12. The number of carboxylic acid groups (broad SMARTS) is 1. The van der Waals surface area contributed by atoms with Gasteiger partial charge in [0.1, 0.15) is 5.75 Å². The highest BCUT2D eigenvalue weighted by Gasteiger charge is 2.52. The van der Waals surface area contributed by atoms with Crippen molar-refractivity contribution in [1.29, 1.82) is 0 Å². The Labute approximate surface area is 160 Å². The van der Waals surface area contributed by atoms with Crippen LogP contribution in [-0.4, -0.2) is 18.2 Å². The highest BCUT2D eigenvalue weighted by Crippen LogP contribution is 2.62. The lowest BCUT2D eigenvalue weighted by Gasteiger charge is -2.57. The van der Waals surface area contributed by atoms with Crippen molar-refractivity contribution in [3.05, 3.63) is 53.6 Å². The standard InChI is InChI=1S/C24H26O3/c1-27-19-7-5-18(6-8-19)22-20(23(25)26)3-2-4-21(22)24-12-15-9-16(13-24)11-17(10-15)14-24/h2-8,15-17H,9-14H2,1H3,(H,25,26). The average Bonchev–Trinajstić information content (AvgIpc) is 2.66. The first kappa shape index (κ1) is 16.9. The lowest BCUT2D eigenvalue weighted by atomic mass is 9.47. The van der Waals surface area contributed by atoms with Crippen molar-refractivity contribution >= 4 is 5.97 Å². The lowest BCUT2D eigenvalue weighted by Crippen LogP contribution is -2.48. The third-order valence-electron chi connectivity index (χ3n) is 7.28. The van der Waals surface area contributed by atoms with Crippen molar-refractivity contribution in [2.45, 2.75) is 43.9 Å². The highest BCUT2D eigenvalue weighted by atomic mass is 16.5. The van der Waals surface area contributed by atoms with Crippen LogP contribution in [0.2, 0.25) is 0 Å². The van der Waals surface area contributed by atoms with Crippen LogP contribution < -0.4 is 4.74 Å². The molecule has 0 aromatic heterocycles. The Morgan fingerprint density at radius 1 is 0.963 bits per heavy atom. The van der Waals surface area contributed by atoms with Crippen LogP contribution in [0.4, 0.5) is 0 Å². The van der Waals surface area contributed by atoms with Gasteiger partial charge in [0.25, 0.3) is 0 Å². The van der Waals surface area contributed by atoms with E-state index < -0.39 is 5.97 Å². The summed E-state index contributed by atoms with van der Waals surface area (Å²) in [7, 11) is 1.65. The summed E-state index contributed by atoms with van der Waals surface area (Å²) in [5.74, 6) is 2.44. The molecule has 0 radical (unpaired) electrons. The molecule has 2 aromatic carbocycles. The first-order chi connectivity index (χ1) is 13.1. The molecule has 4 bridgehead atoms. The predicted molar refractivity (Wildman–Crippen MR) is 105 cm³/mol. The fourth-order valence-corrected chi connectivity index (χ4v) is 6.68. The zero-order chi connectivity index (χ0) is 18.6. The number of carboxylic acids is 1. The van der Waals surface area contributed by atoms with Crippen molar-refractivity contribution < 1.29 is 14.6 Å². The summed E-state index contributed by atoms with van der Waals surface area (Å²) in [6.45, 7) is 0. The van der Waals surface area contributed by atoms with E-state index in [1.165, 1.54) is 44.1 Å². The molecule has 3 heteroatoms. The number of hydrogen-bond donors (Lipinski definition) is 1. The molecule has 0 atom stereocenters. The molecule has 140 valence electrons. The van der Waals surface area contributed by atoms with Crippen LogP contribution in [0.25, 0.3) is 11.1 Å². The smallest absolute Gasteiger partial charge is 0.336 e. The van der Waals surface area contributed by atoms with E-state index in [1.54, 1.807) is 13.2 Å². The van der Waals surface area contributed by atoms with Crippen molar-refractivity contribution in [2.75, 3.05) is 7.11 Å². The molecule has 2 aromatic rings. The number of hydrogen-bond acceptors (Lipinski definition) is 2. The molecule has 0 heterocycles. The number of methoxy groups -OCH3 is 1. The van der Waals surface area contributed by atoms with E-state index in [2.05, 4.69) is 6.07 Å². The summed E-state index contributed by atoms with van der Waals surface area (Å²) < 4.78 is 5.30. The van der Waals surface area contributed by atoms with Crippen molar-refractivity contribution in [3.8, 4) is 16.9 Å². The fourth-order valence-electron chi connectivity index (χ4n) is 6.68. The van der Waals surface area contributed by atoms with E-state index in [-0.39, 0.29) is 5.41 Å². The number of rotatable bonds is 4. The summed E-state index contributed by atoms with van der Waals surface area (Å²) in [6.07, 6.45) is 7.84. The van der Waals surface area contributed by atoms with E-state index in [0.717, 1.165) is 34.6 Å². The Hall–Kier alpha value is -2.29. The van der Waals surface area contributed by atoms with E-state index in [0.29, 0.717) is 5.56 Å². The maximum Gasteiger partial charge on any atom is 0.336 e. The normalized spacial score (nSPS) is 31.1. The van der Waals surface area contributed by atoms with Gasteiger partial charge in [-0.3, -0.25) is 0 Å². The minimum absolute atomic E-state index is 0.162. The molecule has 0 spiro atoms. The topological polar surface area (TPSA) is 46.5 Å². The zero-order valence-electron chi connectivity index (χ0n) is 15.8. The quantitative estimate of drug-likeness (QED) is 0.778. The van der Waals surface area contributed by atoms with Crippen LogP contribution in [0.5, 0.6) is 5.75 Å². The van der Waals surface area contributed by atoms with E-state index in [9.17, 15) is 9.90 Å². The van der Waals surface area contributed by atoms with Crippen molar-refractivity contribution in [3.63, 3.8) is 0 Å². The summed E-state index contributed by atoms with van der Waals surface area (Å²) >= 11 is 0. The van der Waals surface area contributed by atoms with Gasteiger partial charge in [0.15, 0.2) is 0 Å². The van der Waals surface area contributed by atoms with Gasteiger partial charge in [-0.1, -0.05) is 24.3 Å². The molecule has 4 aliphatic rings. The van der Waals surface area contributed by atoms with Gasteiger partial charge in [0.05, 0.1) is 12.7 Å². The number of ether oxygens (including phenoxy) is 1. The van der Waals surface area contributed by atoms with Gasteiger partial charge in [-0.25, -0.2) is 4.79 Å². The van der Waals surface area contributed by atoms with Crippen LogP contribution in [-0.2, 0) is 5.41 Å². The second-order valence-electron chi connectivity index (χ2n) is 8.96. The number of aromatic carboxylic acids is 1. The fraction of sp³-hybridized carbons (Fsp3) is 0.458. The molecule has 27 heavy (non-hydrogen) atoms. The first-order valence-electron chi connectivity index (χ1n) is 10.1. The molecule has 0 amide bonds. The molecule has 4 saturated carbocycles. The maximum absolute atomic E-state index is 12.1. The average molecular weight is 362 g/mol. The molecule has 0 unspecified atom stereocenters. The Morgan fingerprint density at radius 3 is 2.07 bits per heavy atom. The van der Waals surface area contributed by atoms with Crippen LogP contribution in [0.15, 0.2) is 42.5 Å². The van der Waals surface area contributed by atoms with Crippen LogP contribution in [0, 0.1) is 17.8 Å². The van der Waals surface area contributed by atoms with Crippen LogP contribution in [0.3, 0.4) is 0 Å². The van der Waals surface area contributed by atoms with Crippen molar-refractivity contribution in [2.24, 2.45) is 17.8 Å². The molecule has 4 aliphatic carbocycles. The van der Waals surface area contributed by atoms with Gasteiger partial charge in [-0.05, 0) is 96.6 Å². The Bertz CT molecular complexity index is 846. The molecule has 0 aliphatic heterocycles. The third-order valence-corrected chi connectivity index (χ3v) is 7.28. The summed E-state index contributed by atoms with van der Waals surface area (Å²) in [5, 5.41) is 9.91. The molecular formula is C24H26O3. The maximum atomic E-state index is 12.1. The van der Waals surface area contributed by atoms with Crippen molar-refractivity contribution in [1.82, 2.24) is 0 Å². The van der Waals surface area contributed by atoms with Gasteiger partial charge in [0.2, 0.25) is 0 Å². The third kappa shape index (κ3) is 2.67. The minimum Gasteiger partial charge on any atom is -0.497 e. The monoisotopic (exact) mass is 362 g/mol. The van der Waals surface area contributed by atoms with Gasteiger partial charge in [0, 0.05) is 0 Å². The number of carbonyl (C=O) groups is 1. The van der Waals surface area contributed by atoms with Crippen LogP contribution >= 0.6 is 0 Å². The lowest BCUT2D eigenvalue weighted by molar-refractivity contribution is -0.00494. The summed E-state index contributed by atoms with van der Waals surface area (Å²) in [5.41, 5.74) is 3.77. The minimum atomic E-state index is -0.840. The largest absolute Gasteiger partial charge is 0.497 e. The Kier molecular flexibility index (Phi) is 3.82. The molecule has 6 rings (SSSR count). The van der Waals surface area contributed by atoms with Gasteiger partial charge < -0.3 is 9.84 Å². The van der Waals surface area contributed by atoms with E-state index in [1.807, 2.05) is 30.3 Å². The highest BCUT2D eigenvalue weighted by molar-refractivity contribution is 5.97. The summed E-state index contributed by atoms with van der Waals surface area (Å²) in [6, 6.07) is 13.8. The molecule has 4 fully saturated rings. The number of benzene rings is 2. The Balaban J connectivity index is 1.68. The zero-order valence-corrected chi connectivity index (χ0v) is 15.8. The predicted octanol–water partition coefficient (Wildman–Crippen LogP) is 5.53.